The van der Waals surface area contributed by atoms with E-state index in [-0.39, 0.29) is 0 Å². The van der Waals surface area contributed by atoms with Crippen molar-refractivity contribution in [1.29, 1.82) is 0 Å². The molecule has 0 radical (unpaired) electrons. The highest BCUT2D eigenvalue weighted by Gasteiger charge is 2.16. The van der Waals surface area contributed by atoms with Gasteiger partial charge in [0, 0.05) is 55.8 Å². The topological polar surface area (TPSA) is 28.6 Å². The normalized spacial score (nSPS) is 14.7. The number of halogens is 1. The third-order valence-corrected chi connectivity index (χ3v) is 5.57. The molecule has 2 aromatic carbocycles. The maximum atomic E-state index is 5.96. The van der Waals surface area contributed by atoms with E-state index in [0.717, 1.165) is 62.1 Å². The number of hydrogen-bond donors (Lipinski definition) is 0. The molecule has 1 aromatic heterocycles. The lowest BCUT2D eigenvalue weighted by atomic mass is 10.1. The number of pyridine rings is 1. The average Bonchev–Trinajstić information content (AvgIpc) is 2.79. The zero-order chi connectivity index (χ0) is 19.9. The molecule has 4 nitrogen and oxygen atoms in total. The first kappa shape index (κ1) is 19.7. The van der Waals surface area contributed by atoms with Gasteiger partial charge >= 0.3 is 0 Å². The summed E-state index contributed by atoms with van der Waals surface area (Å²) in [4.78, 5) is 9.04. The lowest BCUT2D eigenvalue weighted by Gasteiger charge is -2.36. The Morgan fingerprint density at radius 1 is 0.793 bits per heavy atom. The van der Waals surface area contributed by atoms with E-state index in [0.29, 0.717) is 0 Å². The predicted octanol–water partition coefficient (Wildman–Crippen LogP) is 4.99. The van der Waals surface area contributed by atoms with Crippen molar-refractivity contribution in [2.45, 2.75) is 6.42 Å². The lowest BCUT2D eigenvalue weighted by Crippen LogP contribution is -2.46. The molecule has 3 aromatic rings. The van der Waals surface area contributed by atoms with Crippen LogP contribution in [0.25, 0.3) is 11.1 Å². The second kappa shape index (κ2) is 9.77. The number of benzene rings is 2. The van der Waals surface area contributed by atoms with Crippen molar-refractivity contribution in [2.75, 3.05) is 44.2 Å². The molecular formula is C24H26ClN3O. The first-order valence-electron chi connectivity index (χ1n) is 10.1. The molecule has 1 aliphatic rings. The highest BCUT2D eigenvalue weighted by Crippen LogP contribution is 2.24. The molecule has 0 saturated carbocycles. The minimum atomic E-state index is 0.741. The summed E-state index contributed by atoms with van der Waals surface area (Å²) < 4.78 is 5.93. The quantitative estimate of drug-likeness (QED) is 0.516. The Morgan fingerprint density at radius 3 is 2.07 bits per heavy atom. The number of anilines is 1. The van der Waals surface area contributed by atoms with Crippen LogP contribution < -0.4 is 9.64 Å². The minimum absolute atomic E-state index is 0.741. The summed E-state index contributed by atoms with van der Waals surface area (Å²) in [5.41, 5.74) is 3.60. The van der Waals surface area contributed by atoms with Gasteiger partial charge in [-0.05, 0) is 53.9 Å². The minimum Gasteiger partial charge on any atom is -0.494 e. The van der Waals surface area contributed by atoms with Gasteiger partial charge in [0.2, 0.25) is 0 Å². The highest BCUT2D eigenvalue weighted by molar-refractivity contribution is 6.30. The van der Waals surface area contributed by atoms with Gasteiger partial charge in [-0.2, -0.15) is 0 Å². The maximum absolute atomic E-state index is 5.96. The van der Waals surface area contributed by atoms with Gasteiger partial charge in [0.25, 0.3) is 0 Å². The Kier molecular flexibility index (Phi) is 6.65. The van der Waals surface area contributed by atoms with Gasteiger partial charge in [0.05, 0.1) is 6.61 Å². The fourth-order valence-corrected chi connectivity index (χ4v) is 3.77. The number of piperazine rings is 1. The molecule has 0 amide bonds. The number of rotatable bonds is 7. The van der Waals surface area contributed by atoms with Gasteiger partial charge in [-0.1, -0.05) is 35.9 Å². The molecule has 5 heteroatoms. The van der Waals surface area contributed by atoms with Crippen molar-refractivity contribution in [1.82, 2.24) is 9.88 Å². The summed E-state index contributed by atoms with van der Waals surface area (Å²) in [6, 6.07) is 20.3. The van der Waals surface area contributed by atoms with Gasteiger partial charge in [-0.15, -0.1) is 0 Å². The first-order chi connectivity index (χ1) is 14.3. The van der Waals surface area contributed by atoms with E-state index in [2.05, 4.69) is 39.0 Å². The van der Waals surface area contributed by atoms with Crippen LogP contribution in [0, 0.1) is 0 Å². The molecule has 0 bridgehead atoms. The molecule has 1 aliphatic heterocycles. The Balaban J connectivity index is 1.17. The van der Waals surface area contributed by atoms with Crippen LogP contribution >= 0.6 is 11.6 Å². The molecule has 0 atom stereocenters. The summed E-state index contributed by atoms with van der Waals surface area (Å²) in [5, 5.41) is 0.757. The molecule has 2 heterocycles. The molecule has 1 saturated heterocycles. The van der Waals surface area contributed by atoms with E-state index in [1.807, 2.05) is 48.8 Å². The van der Waals surface area contributed by atoms with Crippen LogP contribution in [-0.2, 0) is 0 Å². The third kappa shape index (κ3) is 5.49. The molecule has 150 valence electrons. The third-order valence-electron chi connectivity index (χ3n) is 5.32. The van der Waals surface area contributed by atoms with Crippen LogP contribution in [0.1, 0.15) is 6.42 Å². The standard InChI is InChI=1S/C24H26ClN3O/c25-22-6-2-20(3-7-22)21-4-8-24(9-5-21)29-19-1-14-27-15-17-28(18-16-27)23-10-12-26-13-11-23/h2-13H,1,14-19H2. The van der Waals surface area contributed by atoms with E-state index < -0.39 is 0 Å². The molecule has 29 heavy (non-hydrogen) atoms. The largest absolute Gasteiger partial charge is 0.494 e. The van der Waals surface area contributed by atoms with E-state index >= 15 is 0 Å². The number of nitrogens with zero attached hydrogens (tertiary/aromatic N) is 3. The van der Waals surface area contributed by atoms with Crippen molar-refractivity contribution in [3.63, 3.8) is 0 Å². The molecule has 4 rings (SSSR count). The van der Waals surface area contributed by atoms with Crippen LogP contribution in [0.5, 0.6) is 5.75 Å². The molecule has 0 aliphatic carbocycles. The van der Waals surface area contributed by atoms with Gasteiger partial charge < -0.3 is 9.64 Å². The zero-order valence-corrected chi connectivity index (χ0v) is 17.3. The zero-order valence-electron chi connectivity index (χ0n) is 16.5. The van der Waals surface area contributed by atoms with Crippen LogP contribution in [0.3, 0.4) is 0 Å². The number of aromatic nitrogens is 1. The predicted molar refractivity (Wildman–Crippen MR) is 120 cm³/mol. The molecule has 0 spiro atoms. The second-order valence-electron chi connectivity index (χ2n) is 7.27. The molecule has 0 N–H and O–H groups in total. The van der Waals surface area contributed by atoms with Crippen molar-refractivity contribution < 1.29 is 4.74 Å². The van der Waals surface area contributed by atoms with Crippen molar-refractivity contribution in [3.05, 3.63) is 78.1 Å². The van der Waals surface area contributed by atoms with Crippen LogP contribution in [0.15, 0.2) is 73.1 Å². The molecular weight excluding hydrogens is 382 g/mol. The van der Waals surface area contributed by atoms with Gasteiger partial charge in [0.1, 0.15) is 5.75 Å². The van der Waals surface area contributed by atoms with Crippen LogP contribution in [-0.4, -0.2) is 49.2 Å². The van der Waals surface area contributed by atoms with Crippen molar-refractivity contribution in [3.8, 4) is 16.9 Å². The Hall–Kier alpha value is -2.56. The summed E-state index contributed by atoms with van der Waals surface area (Å²) in [5.74, 6) is 0.921. The maximum Gasteiger partial charge on any atom is 0.119 e. The second-order valence-corrected chi connectivity index (χ2v) is 7.70. The fourth-order valence-electron chi connectivity index (χ4n) is 3.65. The van der Waals surface area contributed by atoms with E-state index in [9.17, 15) is 0 Å². The van der Waals surface area contributed by atoms with Crippen molar-refractivity contribution >= 4 is 17.3 Å². The summed E-state index contributed by atoms with van der Waals surface area (Å²) in [7, 11) is 0. The first-order valence-corrected chi connectivity index (χ1v) is 10.5. The Labute approximate surface area is 177 Å². The van der Waals surface area contributed by atoms with Crippen LogP contribution in [0.4, 0.5) is 5.69 Å². The number of ether oxygens (including phenoxy) is 1. The van der Waals surface area contributed by atoms with E-state index in [1.54, 1.807) is 0 Å². The summed E-state index contributed by atoms with van der Waals surface area (Å²) >= 11 is 5.96. The van der Waals surface area contributed by atoms with Gasteiger partial charge in [-0.3, -0.25) is 9.88 Å². The Morgan fingerprint density at radius 2 is 1.41 bits per heavy atom. The van der Waals surface area contributed by atoms with Crippen LogP contribution in [0.2, 0.25) is 5.02 Å². The Bertz CT molecular complexity index is 876. The van der Waals surface area contributed by atoms with E-state index in [1.165, 1.54) is 11.3 Å². The summed E-state index contributed by atoms with van der Waals surface area (Å²) in [6.07, 6.45) is 4.76. The SMILES string of the molecule is Clc1ccc(-c2ccc(OCCCN3CCN(c4ccncc4)CC3)cc2)cc1. The van der Waals surface area contributed by atoms with Gasteiger partial charge in [-0.25, -0.2) is 0 Å². The van der Waals surface area contributed by atoms with E-state index in [4.69, 9.17) is 16.3 Å². The van der Waals surface area contributed by atoms with Crippen molar-refractivity contribution in [2.24, 2.45) is 0 Å². The summed E-state index contributed by atoms with van der Waals surface area (Å²) in [6.45, 7) is 6.14. The fraction of sp³-hybridized carbons (Fsp3) is 0.292. The number of hydrogen-bond acceptors (Lipinski definition) is 4. The average molecular weight is 408 g/mol. The highest BCUT2D eigenvalue weighted by atomic mass is 35.5. The smallest absolute Gasteiger partial charge is 0.119 e. The lowest BCUT2D eigenvalue weighted by molar-refractivity contribution is 0.225. The molecule has 0 unspecified atom stereocenters. The molecule has 1 fully saturated rings. The monoisotopic (exact) mass is 407 g/mol. The van der Waals surface area contributed by atoms with Gasteiger partial charge in [0.15, 0.2) is 0 Å².